The molecule has 4 nitrogen and oxygen atoms in total. The van der Waals surface area contributed by atoms with Crippen molar-refractivity contribution < 1.29 is 84.2 Å². The van der Waals surface area contributed by atoms with Gasteiger partial charge in [-0.3, -0.25) is 0 Å². The summed E-state index contributed by atoms with van der Waals surface area (Å²) < 4.78 is 0. The molecule has 0 aromatic rings. The van der Waals surface area contributed by atoms with Crippen molar-refractivity contribution in [3.63, 3.8) is 0 Å². The zero-order valence-corrected chi connectivity index (χ0v) is 9.95. The SMILES string of the molecule is [Cd].[Li+].[Li+].[O-][Si]([O-])(O)O. The summed E-state index contributed by atoms with van der Waals surface area (Å²) in [5.74, 6) is 0. The van der Waals surface area contributed by atoms with E-state index >= 15 is 0 Å². The van der Waals surface area contributed by atoms with Crippen LogP contribution in [0.15, 0.2) is 0 Å². The molecule has 0 atom stereocenters. The van der Waals surface area contributed by atoms with Crippen LogP contribution in [0, 0.1) is 0 Å². The fourth-order valence-electron chi connectivity index (χ4n) is 0. The molecule has 2 N–H and O–H groups in total. The van der Waals surface area contributed by atoms with Crippen molar-refractivity contribution in [1.82, 2.24) is 0 Å². The average molecular weight is 220 g/mol. The van der Waals surface area contributed by atoms with Crippen LogP contribution < -0.4 is 47.3 Å². The molecule has 0 aromatic heterocycles. The van der Waals surface area contributed by atoms with Gasteiger partial charge in [-0.1, -0.05) is 0 Å². The van der Waals surface area contributed by atoms with Gasteiger partial charge in [0.05, 0.1) is 0 Å². The van der Waals surface area contributed by atoms with Gasteiger partial charge in [-0.15, -0.1) is 0 Å². The summed E-state index contributed by atoms with van der Waals surface area (Å²) in [4.78, 5) is 31.8. The molecule has 0 aliphatic heterocycles. The molecule has 0 unspecified atom stereocenters. The normalized spacial score (nSPS) is 7.50. The molecule has 0 bridgehead atoms. The first-order valence-electron chi connectivity index (χ1n) is 0.855. The summed E-state index contributed by atoms with van der Waals surface area (Å²) in [5.41, 5.74) is 0. The Balaban J connectivity index is -0.0000000267. The van der Waals surface area contributed by atoms with Gasteiger partial charge in [0.15, 0.2) is 0 Å². The Bertz CT molecular complexity index is 29.5. The molecule has 0 saturated heterocycles. The Kier molecular flexibility index (Phi) is 25.8. The summed E-state index contributed by atoms with van der Waals surface area (Å²) in [7, 11) is -5.11. The first kappa shape index (κ1) is 22.5. The molecule has 0 spiro atoms. The zero-order valence-electron chi connectivity index (χ0n) is 4.92. The molecule has 0 aliphatic carbocycles. The Labute approximate surface area is 92.3 Å². The molecule has 0 radical (unpaired) electrons. The molecule has 0 rings (SSSR count). The maximum atomic E-state index is 8.80. The largest absolute Gasteiger partial charge is 1.00 e. The smallest absolute Gasteiger partial charge is 0.828 e. The Morgan fingerprint density at radius 3 is 1.00 bits per heavy atom. The Hall–Kier alpha value is 2.17. The van der Waals surface area contributed by atoms with Crippen molar-refractivity contribution >= 4 is 9.05 Å². The van der Waals surface area contributed by atoms with E-state index in [1.165, 1.54) is 0 Å². The molecule has 0 amide bonds. The van der Waals surface area contributed by atoms with Crippen LogP contribution in [-0.4, -0.2) is 18.6 Å². The molecule has 0 fully saturated rings. The third-order valence-corrected chi connectivity index (χ3v) is 0. The van der Waals surface area contributed by atoms with Gasteiger partial charge in [0.2, 0.25) is 0 Å². The van der Waals surface area contributed by atoms with Crippen LogP contribution in [0.2, 0.25) is 0 Å². The summed E-state index contributed by atoms with van der Waals surface area (Å²) in [6.45, 7) is 0. The summed E-state index contributed by atoms with van der Waals surface area (Å²) >= 11 is 0. The Morgan fingerprint density at radius 1 is 1.00 bits per heavy atom. The second-order valence-electron chi connectivity index (χ2n) is 0.548. The number of hydrogen-bond acceptors (Lipinski definition) is 4. The minimum atomic E-state index is -5.11. The molecule has 8 heavy (non-hydrogen) atoms. The van der Waals surface area contributed by atoms with Crippen LogP contribution in [0.25, 0.3) is 0 Å². The maximum Gasteiger partial charge on any atom is 1.00 e. The number of rotatable bonds is 0. The second-order valence-corrected chi connectivity index (χ2v) is 1.65. The molecule has 34 valence electrons. The summed E-state index contributed by atoms with van der Waals surface area (Å²) in [6.07, 6.45) is 0. The van der Waals surface area contributed by atoms with Crippen LogP contribution in [0.5, 0.6) is 0 Å². The standard InChI is InChI=1S/Cd.2Li.H2O4Si/c;;;1-5(2,3)4/h;;;1-2H/q;2*+1;-2. The van der Waals surface area contributed by atoms with Gasteiger partial charge in [-0.2, -0.15) is 0 Å². The maximum absolute atomic E-state index is 8.80. The average Bonchev–Trinajstić information content (AvgIpc) is 0.722. The van der Waals surface area contributed by atoms with Crippen molar-refractivity contribution in [3.8, 4) is 0 Å². The van der Waals surface area contributed by atoms with E-state index in [-0.39, 0.29) is 65.0 Å². The Morgan fingerprint density at radius 2 is 1.00 bits per heavy atom. The van der Waals surface area contributed by atoms with Gasteiger partial charge in [-0.25, -0.2) is 0 Å². The predicted octanol–water partition coefficient (Wildman–Crippen LogP) is -9.87. The van der Waals surface area contributed by atoms with Crippen LogP contribution >= 0.6 is 0 Å². The van der Waals surface area contributed by atoms with Gasteiger partial charge in [0, 0.05) is 27.3 Å². The molecular formula is H2CdLi2O4Si. The van der Waals surface area contributed by atoms with E-state index in [1.54, 1.807) is 0 Å². The van der Waals surface area contributed by atoms with Crippen molar-refractivity contribution in [3.05, 3.63) is 0 Å². The molecule has 0 aliphatic rings. The van der Waals surface area contributed by atoms with Gasteiger partial charge in [0.1, 0.15) is 9.05 Å². The van der Waals surface area contributed by atoms with Crippen LogP contribution in [0.1, 0.15) is 0 Å². The predicted molar refractivity (Wildman–Crippen MR) is 10.2 cm³/mol. The van der Waals surface area contributed by atoms with E-state index in [0.717, 1.165) is 0 Å². The van der Waals surface area contributed by atoms with Gasteiger partial charge in [-0.05, 0) is 0 Å². The van der Waals surface area contributed by atoms with E-state index < -0.39 is 9.05 Å². The van der Waals surface area contributed by atoms with E-state index in [1.807, 2.05) is 0 Å². The van der Waals surface area contributed by atoms with Crippen LogP contribution in [0.3, 0.4) is 0 Å². The van der Waals surface area contributed by atoms with Crippen molar-refractivity contribution in [2.45, 2.75) is 0 Å². The fraction of sp³-hybridized carbons (Fsp3) is 0. The van der Waals surface area contributed by atoms with E-state index in [4.69, 9.17) is 19.2 Å². The van der Waals surface area contributed by atoms with Gasteiger partial charge < -0.3 is 19.2 Å². The molecule has 0 aromatic carbocycles. The summed E-state index contributed by atoms with van der Waals surface area (Å²) in [6, 6.07) is 0. The third kappa shape index (κ3) is 89.0. The van der Waals surface area contributed by atoms with E-state index in [2.05, 4.69) is 0 Å². The molecular weight excluding hydrogens is 218 g/mol. The van der Waals surface area contributed by atoms with Crippen LogP contribution in [0.4, 0.5) is 0 Å². The summed E-state index contributed by atoms with van der Waals surface area (Å²) in [5, 5.41) is 0. The number of hydrogen-bond donors (Lipinski definition) is 2. The van der Waals surface area contributed by atoms with Gasteiger partial charge >= 0.3 is 37.7 Å². The van der Waals surface area contributed by atoms with Crippen molar-refractivity contribution in [1.29, 1.82) is 0 Å². The van der Waals surface area contributed by atoms with Crippen molar-refractivity contribution in [2.24, 2.45) is 0 Å². The van der Waals surface area contributed by atoms with Gasteiger partial charge in [0.25, 0.3) is 0 Å². The fourth-order valence-corrected chi connectivity index (χ4v) is 0. The molecule has 0 heterocycles. The monoisotopic (exact) mass is 222 g/mol. The molecule has 8 heteroatoms. The second kappa shape index (κ2) is 9.17. The van der Waals surface area contributed by atoms with Crippen LogP contribution in [-0.2, 0) is 27.3 Å². The minimum Gasteiger partial charge on any atom is -0.828 e. The topological polar surface area (TPSA) is 86.6 Å². The molecule has 0 saturated carbocycles. The van der Waals surface area contributed by atoms with Crippen molar-refractivity contribution in [2.75, 3.05) is 0 Å². The first-order chi connectivity index (χ1) is 2.00. The zero-order chi connectivity index (χ0) is 4.50. The van der Waals surface area contributed by atoms with E-state index in [0.29, 0.717) is 0 Å². The third-order valence-electron chi connectivity index (χ3n) is 0. The minimum absolute atomic E-state index is 0. The van der Waals surface area contributed by atoms with E-state index in [9.17, 15) is 0 Å². The first-order valence-corrected chi connectivity index (χ1v) is 2.57. The quantitative estimate of drug-likeness (QED) is 0.397.